The van der Waals surface area contributed by atoms with Crippen LogP contribution in [0.2, 0.25) is 0 Å². The Morgan fingerprint density at radius 1 is 0.812 bits per heavy atom. The molecule has 9 heteroatoms. The molecule has 0 aliphatic carbocycles. The summed E-state index contributed by atoms with van der Waals surface area (Å²) < 4.78 is 12.7. The van der Waals surface area contributed by atoms with Gasteiger partial charge in [-0.15, -0.1) is 11.6 Å². The summed E-state index contributed by atoms with van der Waals surface area (Å²) in [5.41, 5.74) is -1.42. The molecule has 0 spiro atoms. The Hall–Kier alpha value is -4.04. The van der Waals surface area contributed by atoms with E-state index in [0.717, 1.165) is 9.13 Å². The minimum Gasteiger partial charge on any atom is -0.497 e. The topological polar surface area (TPSA) is 95.3 Å². The van der Waals surface area contributed by atoms with E-state index in [1.807, 2.05) is 18.2 Å². The van der Waals surface area contributed by atoms with Crippen LogP contribution in [-0.2, 0) is 5.88 Å². The van der Waals surface area contributed by atoms with Crippen molar-refractivity contribution in [1.82, 2.24) is 14.1 Å². The Morgan fingerprint density at radius 2 is 1.44 bits per heavy atom. The molecule has 0 aliphatic rings. The zero-order valence-corrected chi connectivity index (χ0v) is 17.7. The Balaban J connectivity index is 1.82. The number of aromatic amines is 1. The summed E-state index contributed by atoms with van der Waals surface area (Å²) in [5, 5.41) is 0. The molecule has 0 bridgehead atoms. The van der Waals surface area contributed by atoms with Crippen molar-refractivity contribution in [1.29, 1.82) is 0 Å². The minimum atomic E-state index is -0.859. The summed E-state index contributed by atoms with van der Waals surface area (Å²) in [7, 11) is 1.51. The van der Waals surface area contributed by atoms with Crippen LogP contribution >= 0.6 is 11.6 Å². The largest absolute Gasteiger partial charge is 0.497 e. The number of nitrogens with one attached hydrogen (secondary N) is 1. The van der Waals surface area contributed by atoms with Crippen molar-refractivity contribution in [2.45, 2.75) is 5.88 Å². The number of hydrogen-bond acceptors (Lipinski definition) is 5. The first-order valence-electron chi connectivity index (χ1n) is 9.57. The van der Waals surface area contributed by atoms with Crippen molar-refractivity contribution < 1.29 is 9.47 Å². The van der Waals surface area contributed by atoms with Gasteiger partial charge in [-0.25, -0.2) is 23.5 Å². The van der Waals surface area contributed by atoms with Gasteiger partial charge in [-0.2, -0.15) is 0 Å². The molecular weight excluding hydrogens is 434 g/mol. The molecule has 1 N–H and O–H groups in total. The number of methoxy groups -OCH3 is 1. The van der Waals surface area contributed by atoms with E-state index in [4.69, 9.17) is 21.1 Å². The third kappa shape index (κ3) is 4.08. The molecule has 0 atom stereocenters. The maximum Gasteiger partial charge on any atom is 0.345 e. The summed E-state index contributed by atoms with van der Waals surface area (Å²) in [6.07, 6.45) is 0. The van der Waals surface area contributed by atoms with Gasteiger partial charge in [-0.1, -0.05) is 18.2 Å². The van der Waals surface area contributed by atoms with Crippen LogP contribution in [-0.4, -0.2) is 21.2 Å². The lowest BCUT2D eigenvalue weighted by Gasteiger charge is -2.13. The van der Waals surface area contributed by atoms with Gasteiger partial charge in [0, 0.05) is 5.56 Å². The number of benzene rings is 3. The standard InChI is InChI=1S/C23H18ClN3O5/c1-31-18-10-7-16(8-11-18)26-21(28)25-22(29)27(23(26)30)17-9-12-20(15(13-17)14-24)32-19-5-3-2-4-6-19/h2-13H,14H2,1H3,(H,25,28,29). The highest BCUT2D eigenvalue weighted by atomic mass is 35.5. The normalized spacial score (nSPS) is 10.7. The fourth-order valence-electron chi connectivity index (χ4n) is 3.19. The monoisotopic (exact) mass is 451 g/mol. The van der Waals surface area contributed by atoms with E-state index in [0.29, 0.717) is 22.8 Å². The molecule has 162 valence electrons. The van der Waals surface area contributed by atoms with Gasteiger partial charge < -0.3 is 9.47 Å². The molecular formula is C23H18ClN3O5. The molecule has 1 heterocycles. The van der Waals surface area contributed by atoms with Crippen LogP contribution in [0, 0.1) is 0 Å². The SMILES string of the molecule is COc1ccc(-n2c(=O)[nH]c(=O)n(-c3ccc(Oc4ccccc4)c(CCl)c3)c2=O)cc1. The van der Waals surface area contributed by atoms with Crippen LogP contribution in [0.15, 0.2) is 87.2 Å². The Kier molecular flexibility index (Phi) is 5.96. The first-order valence-corrected chi connectivity index (χ1v) is 10.1. The van der Waals surface area contributed by atoms with Gasteiger partial charge in [0.25, 0.3) is 0 Å². The first-order chi connectivity index (χ1) is 15.5. The van der Waals surface area contributed by atoms with Crippen molar-refractivity contribution in [2.24, 2.45) is 0 Å². The maximum absolute atomic E-state index is 13.2. The zero-order valence-electron chi connectivity index (χ0n) is 16.9. The van der Waals surface area contributed by atoms with Gasteiger partial charge in [-0.05, 0) is 54.6 Å². The number of ether oxygens (including phenoxy) is 2. The molecule has 0 saturated heterocycles. The molecule has 1 aromatic heterocycles. The fourth-order valence-corrected chi connectivity index (χ4v) is 3.40. The van der Waals surface area contributed by atoms with Gasteiger partial charge in [0.2, 0.25) is 0 Å². The van der Waals surface area contributed by atoms with E-state index >= 15 is 0 Å². The van der Waals surface area contributed by atoms with Crippen molar-refractivity contribution >= 4 is 11.6 Å². The van der Waals surface area contributed by atoms with Crippen LogP contribution in [0.3, 0.4) is 0 Å². The van der Waals surface area contributed by atoms with E-state index in [-0.39, 0.29) is 17.3 Å². The number of alkyl halides is 1. The van der Waals surface area contributed by atoms with Gasteiger partial charge in [0.1, 0.15) is 17.2 Å². The number of rotatable bonds is 6. The first kappa shape index (κ1) is 21.2. The maximum atomic E-state index is 13.2. The zero-order chi connectivity index (χ0) is 22.7. The predicted molar refractivity (Wildman–Crippen MR) is 121 cm³/mol. The van der Waals surface area contributed by atoms with Crippen molar-refractivity contribution in [2.75, 3.05) is 7.11 Å². The molecule has 0 radical (unpaired) electrons. The van der Waals surface area contributed by atoms with E-state index in [1.54, 1.807) is 54.6 Å². The third-order valence-electron chi connectivity index (χ3n) is 4.75. The van der Waals surface area contributed by atoms with Crippen molar-refractivity contribution in [3.63, 3.8) is 0 Å². The van der Waals surface area contributed by atoms with Crippen LogP contribution in [0.1, 0.15) is 5.56 Å². The molecule has 0 amide bonds. The van der Waals surface area contributed by atoms with Gasteiger partial charge >= 0.3 is 17.1 Å². The highest BCUT2D eigenvalue weighted by molar-refractivity contribution is 6.17. The Morgan fingerprint density at radius 3 is 2.06 bits per heavy atom. The van der Waals surface area contributed by atoms with Crippen molar-refractivity contribution in [3.05, 3.63) is 110 Å². The number of H-pyrrole nitrogens is 1. The number of halogens is 1. The van der Waals surface area contributed by atoms with Gasteiger partial charge in [0.15, 0.2) is 0 Å². The lowest BCUT2D eigenvalue weighted by atomic mass is 10.2. The summed E-state index contributed by atoms with van der Waals surface area (Å²) in [6.45, 7) is 0. The smallest absolute Gasteiger partial charge is 0.345 e. The molecule has 4 aromatic rings. The summed E-state index contributed by atoms with van der Waals surface area (Å²) >= 11 is 6.10. The number of para-hydroxylation sites is 1. The average Bonchev–Trinajstić information content (AvgIpc) is 2.80. The molecule has 0 saturated carbocycles. The van der Waals surface area contributed by atoms with Crippen LogP contribution in [0.25, 0.3) is 11.4 Å². The van der Waals surface area contributed by atoms with Crippen molar-refractivity contribution in [3.8, 4) is 28.6 Å². The molecule has 0 aliphatic heterocycles. The van der Waals surface area contributed by atoms with Crippen LogP contribution < -0.4 is 26.5 Å². The summed E-state index contributed by atoms with van der Waals surface area (Å²) in [4.78, 5) is 40.3. The summed E-state index contributed by atoms with van der Waals surface area (Å²) in [6, 6.07) is 20.2. The quantitative estimate of drug-likeness (QED) is 0.454. The highest BCUT2D eigenvalue weighted by Gasteiger charge is 2.15. The second-order valence-electron chi connectivity index (χ2n) is 6.73. The molecule has 0 unspecified atom stereocenters. The average molecular weight is 452 g/mol. The number of hydrogen-bond donors (Lipinski definition) is 1. The second kappa shape index (κ2) is 8.99. The van der Waals surface area contributed by atoms with Gasteiger partial charge in [0.05, 0.1) is 24.4 Å². The third-order valence-corrected chi connectivity index (χ3v) is 5.04. The molecule has 32 heavy (non-hydrogen) atoms. The van der Waals surface area contributed by atoms with E-state index in [1.165, 1.54) is 7.11 Å². The molecule has 4 rings (SSSR count). The molecule has 0 fully saturated rings. The van der Waals surface area contributed by atoms with Gasteiger partial charge in [-0.3, -0.25) is 4.98 Å². The highest BCUT2D eigenvalue weighted by Crippen LogP contribution is 2.28. The fraction of sp³-hybridized carbons (Fsp3) is 0.0870. The Labute approximate surface area is 186 Å². The lowest BCUT2D eigenvalue weighted by Crippen LogP contribution is -2.48. The molecule has 8 nitrogen and oxygen atoms in total. The van der Waals surface area contributed by atoms with Crippen LogP contribution in [0.4, 0.5) is 0 Å². The number of nitrogens with zero attached hydrogens (tertiary/aromatic N) is 2. The predicted octanol–water partition coefficient (Wildman–Crippen LogP) is 3.22. The van der Waals surface area contributed by atoms with E-state index < -0.39 is 17.1 Å². The second-order valence-corrected chi connectivity index (χ2v) is 6.99. The summed E-state index contributed by atoms with van der Waals surface area (Å²) in [5.74, 6) is 1.76. The minimum absolute atomic E-state index is 0.0841. The van der Waals surface area contributed by atoms with E-state index in [9.17, 15) is 14.4 Å². The van der Waals surface area contributed by atoms with Crippen LogP contribution in [0.5, 0.6) is 17.2 Å². The van der Waals surface area contributed by atoms with E-state index in [2.05, 4.69) is 4.98 Å². The lowest BCUT2D eigenvalue weighted by molar-refractivity contribution is 0.414. The number of aromatic nitrogens is 3. The Bertz CT molecular complexity index is 1420. The molecule has 3 aromatic carbocycles.